The van der Waals surface area contributed by atoms with Gasteiger partial charge in [0, 0.05) is 25.0 Å². The standard InChI is InChI=1S/C11H24N4O/c1-9(7-11(12)13-16)15-6-4-5-10(8-15)14(2)3/h9-10,16H,4-8H2,1-3H3,(H2,12,13). The molecule has 5 heteroatoms. The molecular formula is C11H24N4O. The molecule has 0 aromatic carbocycles. The zero-order valence-corrected chi connectivity index (χ0v) is 10.6. The van der Waals surface area contributed by atoms with Gasteiger partial charge in [-0.05, 0) is 40.4 Å². The lowest BCUT2D eigenvalue weighted by molar-refractivity contribution is 0.104. The van der Waals surface area contributed by atoms with E-state index in [-0.39, 0.29) is 0 Å². The minimum Gasteiger partial charge on any atom is -0.409 e. The Bertz CT molecular complexity index is 242. The molecule has 1 fully saturated rings. The summed E-state index contributed by atoms with van der Waals surface area (Å²) < 4.78 is 0. The normalized spacial score (nSPS) is 26.0. The van der Waals surface area contributed by atoms with Crippen LogP contribution in [-0.4, -0.2) is 60.1 Å². The molecule has 1 aliphatic rings. The molecule has 3 N–H and O–H groups in total. The van der Waals surface area contributed by atoms with Gasteiger partial charge in [-0.25, -0.2) is 0 Å². The Morgan fingerprint density at radius 2 is 2.31 bits per heavy atom. The maximum atomic E-state index is 8.56. The van der Waals surface area contributed by atoms with Crippen molar-refractivity contribution >= 4 is 5.84 Å². The lowest BCUT2D eigenvalue weighted by Crippen LogP contribution is -2.49. The first kappa shape index (κ1) is 13.3. The van der Waals surface area contributed by atoms with Crippen molar-refractivity contribution in [1.29, 1.82) is 0 Å². The summed E-state index contributed by atoms with van der Waals surface area (Å²) in [4.78, 5) is 4.70. The highest BCUT2D eigenvalue weighted by Gasteiger charge is 2.24. The number of hydrogen-bond acceptors (Lipinski definition) is 4. The van der Waals surface area contributed by atoms with Crippen LogP contribution in [0.4, 0.5) is 0 Å². The minimum atomic E-state index is 0.319. The van der Waals surface area contributed by atoms with Gasteiger partial charge in [0.15, 0.2) is 0 Å². The van der Waals surface area contributed by atoms with Gasteiger partial charge in [0.1, 0.15) is 5.84 Å². The molecule has 0 saturated carbocycles. The lowest BCUT2D eigenvalue weighted by atomic mass is 10.0. The smallest absolute Gasteiger partial charge is 0.140 e. The molecule has 1 rings (SSSR count). The van der Waals surface area contributed by atoms with Crippen LogP contribution in [-0.2, 0) is 0 Å². The molecule has 0 aromatic heterocycles. The van der Waals surface area contributed by atoms with E-state index in [1.54, 1.807) is 0 Å². The van der Waals surface area contributed by atoms with Crippen molar-refractivity contribution in [3.8, 4) is 0 Å². The molecule has 16 heavy (non-hydrogen) atoms. The highest BCUT2D eigenvalue weighted by atomic mass is 16.4. The topological polar surface area (TPSA) is 65.1 Å². The Morgan fingerprint density at radius 1 is 1.62 bits per heavy atom. The molecular weight excluding hydrogens is 204 g/mol. The summed E-state index contributed by atoms with van der Waals surface area (Å²) >= 11 is 0. The van der Waals surface area contributed by atoms with E-state index < -0.39 is 0 Å². The zero-order chi connectivity index (χ0) is 12.1. The second-order valence-electron chi connectivity index (χ2n) is 4.90. The third kappa shape index (κ3) is 3.64. The predicted octanol–water partition coefficient (Wildman–Crippen LogP) is 0.537. The Balaban J connectivity index is 2.46. The molecule has 2 atom stereocenters. The van der Waals surface area contributed by atoms with Gasteiger partial charge in [0.05, 0.1) is 0 Å². The zero-order valence-electron chi connectivity index (χ0n) is 10.6. The quantitative estimate of drug-likeness (QED) is 0.319. The average molecular weight is 228 g/mol. The molecule has 5 nitrogen and oxygen atoms in total. The highest BCUT2D eigenvalue weighted by molar-refractivity contribution is 5.80. The maximum Gasteiger partial charge on any atom is 0.140 e. The fraction of sp³-hybridized carbons (Fsp3) is 0.909. The summed E-state index contributed by atoms with van der Waals surface area (Å²) in [6, 6.07) is 0.974. The summed E-state index contributed by atoms with van der Waals surface area (Å²) in [5, 5.41) is 11.6. The van der Waals surface area contributed by atoms with Crippen molar-refractivity contribution < 1.29 is 5.21 Å². The number of hydrogen-bond donors (Lipinski definition) is 2. The van der Waals surface area contributed by atoms with E-state index in [0.29, 0.717) is 24.3 Å². The summed E-state index contributed by atoms with van der Waals surface area (Å²) in [7, 11) is 4.25. The SMILES string of the molecule is CC(CC(N)=NO)N1CCCC(N(C)C)C1. The van der Waals surface area contributed by atoms with E-state index in [9.17, 15) is 0 Å². The summed E-state index contributed by atoms with van der Waals surface area (Å²) in [5.74, 6) is 0.319. The van der Waals surface area contributed by atoms with Crippen LogP contribution in [0.2, 0.25) is 0 Å². The van der Waals surface area contributed by atoms with Crippen LogP contribution in [0.25, 0.3) is 0 Å². The summed E-state index contributed by atoms with van der Waals surface area (Å²) in [6.45, 7) is 4.33. The number of amidine groups is 1. The second-order valence-corrected chi connectivity index (χ2v) is 4.90. The van der Waals surface area contributed by atoms with E-state index in [2.05, 4.69) is 36.0 Å². The van der Waals surface area contributed by atoms with Gasteiger partial charge in [0.2, 0.25) is 0 Å². The van der Waals surface area contributed by atoms with Gasteiger partial charge < -0.3 is 15.8 Å². The number of likely N-dealkylation sites (tertiary alicyclic amines) is 1. The molecule has 0 aliphatic carbocycles. The fourth-order valence-corrected chi connectivity index (χ4v) is 2.28. The van der Waals surface area contributed by atoms with Crippen LogP contribution < -0.4 is 5.73 Å². The van der Waals surface area contributed by atoms with Crippen molar-refractivity contribution in [3.63, 3.8) is 0 Å². The van der Waals surface area contributed by atoms with E-state index in [1.165, 1.54) is 12.8 Å². The largest absolute Gasteiger partial charge is 0.409 e. The van der Waals surface area contributed by atoms with Gasteiger partial charge in [0.25, 0.3) is 0 Å². The molecule has 0 aromatic rings. The fourth-order valence-electron chi connectivity index (χ4n) is 2.28. The number of nitrogens with zero attached hydrogens (tertiary/aromatic N) is 3. The number of rotatable bonds is 4. The van der Waals surface area contributed by atoms with Crippen LogP contribution in [0.1, 0.15) is 26.2 Å². The third-order valence-electron chi connectivity index (χ3n) is 3.41. The number of likely N-dealkylation sites (N-methyl/N-ethyl adjacent to an activating group) is 1. The highest BCUT2D eigenvalue weighted by Crippen LogP contribution is 2.17. The summed E-state index contributed by atoms with van der Waals surface area (Å²) in [6.07, 6.45) is 3.12. The van der Waals surface area contributed by atoms with Crippen molar-refractivity contribution in [2.24, 2.45) is 10.9 Å². The van der Waals surface area contributed by atoms with E-state index in [0.717, 1.165) is 13.1 Å². The number of piperidine rings is 1. The third-order valence-corrected chi connectivity index (χ3v) is 3.41. The average Bonchev–Trinajstić information content (AvgIpc) is 2.28. The van der Waals surface area contributed by atoms with Crippen molar-refractivity contribution in [1.82, 2.24) is 9.80 Å². The summed E-state index contributed by atoms with van der Waals surface area (Å²) in [5.41, 5.74) is 5.54. The van der Waals surface area contributed by atoms with Crippen LogP contribution in [0.3, 0.4) is 0 Å². The van der Waals surface area contributed by atoms with E-state index in [4.69, 9.17) is 10.9 Å². The van der Waals surface area contributed by atoms with Crippen molar-refractivity contribution in [3.05, 3.63) is 0 Å². The second kappa shape index (κ2) is 6.06. The van der Waals surface area contributed by atoms with Gasteiger partial charge in [-0.3, -0.25) is 4.90 Å². The van der Waals surface area contributed by atoms with Crippen LogP contribution >= 0.6 is 0 Å². The molecule has 0 radical (unpaired) electrons. The lowest BCUT2D eigenvalue weighted by Gasteiger charge is -2.39. The van der Waals surface area contributed by atoms with E-state index >= 15 is 0 Å². The van der Waals surface area contributed by atoms with Crippen LogP contribution in [0.15, 0.2) is 5.16 Å². The molecule has 1 heterocycles. The molecule has 0 spiro atoms. The van der Waals surface area contributed by atoms with Crippen LogP contribution in [0.5, 0.6) is 0 Å². The number of oxime groups is 1. The molecule has 1 saturated heterocycles. The molecule has 0 amide bonds. The predicted molar refractivity (Wildman–Crippen MR) is 65.8 cm³/mol. The van der Waals surface area contributed by atoms with E-state index in [1.807, 2.05) is 0 Å². The first-order valence-electron chi connectivity index (χ1n) is 5.91. The Kier molecular flexibility index (Phi) is 5.02. The monoisotopic (exact) mass is 228 g/mol. The van der Waals surface area contributed by atoms with Crippen molar-refractivity contribution in [2.45, 2.75) is 38.3 Å². The maximum absolute atomic E-state index is 8.56. The van der Waals surface area contributed by atoms with Crippen LogP contribution in [0, 0.1) is 0 Å². The molecule has 0 bridgehead atoms. The van der Waals surface area contributed by atoms with Gasteiger partial charge >= 0.3 is 0 Å². The van der Waals surface area contributed by atoms with Gasteiger partial charge in [-0.2, -0.15) is 0 Å². The Morgan fingerprint density at radius 3 is 2.88 bits per heavy atom. The van der Waals surface area contributed by atoms with Crippen molar-refractivity contribution in [2.75, 3.05) is 27.2 Å². The first-order valence-corrected chi connectivity index (χ1v) is 5.91. The van der Waals surface area contributed by atoms with Gasteiger partial charge in [-0.15, -0.1) is 0 Å². The van der Waals surface area contributed by atoms with Gasteiger partial charge in [-0.1, -0.05) is 5.16 Å². The molecule has 2 unspecified atom stereocenters. The number of nitrogens with two attached hydrogens (primary N) is 1. The molecule has 94 valence electrons. The Labute approximate surface area is 97.9 Å². The first-order chi connectivity index (χ1) is 7.54. The Hall–Kier alpha value is -0.810. The molecule has 1 aliphatic heterocycles. The minimum absolute atomic E-state index is 0.319.